The fourth-order valence-electron chi connectivity index (χ4n) is 0.560. The minimum atomic E-state index is -3.35. The predicted octanol–water partition coefficient (Wildman–Crippen LogP) is 2.07. The van der Waals surface area contributed by atoms with Gasteiger partial charge in [0.1, 0.15) is 8.55 Å². The molecular weight excluding hydrogens is 286 g/mol. The SMILES string of the molecule is CNS(=O)(=O)c1cc(Br)c(Cl)s1. The second kappa shape index (κ2) is 3.63. The first-order valence-electron chi connectivity index (χ1n) is 2.86. The molecule has 0 aliphatic carbocycles. The van der Waals surface area contributed by atoms with E-state index in [4.69, 9.17) is 11.6 Å². The fraction of sp³-hybridized carbons (Fsp3) is 0.200. The minimum Gasteiger partial charge on any atom is -0.214 e. The van der Waals surface area contributed by atoms with Gasteiger partial charge in [0.05, 0.1) is 0 Å². The van der Waals surface area contributed by atoms with Gasteiger partial charge in [-0.25, -0.2) is 13.1 Å². The molecule has 1 aromatic rings. The van der Waals surface area contributed by atoms with Crippen LogP contribution < -0.4 is 4.72 Å². The summed E-state index contributed by atoms with van der Waals surface area (Å²) in [5.74, 6) is 0. The van der Waals surface area contributed by atoms with E-state index in [1.807, 2.05) is 0 Å². The van der Waals surface area contributed by atoms with Crippen LogP contribution in [0.2, 0.25) is 4.34 Å². The maximum atomic E-state index is 11.2. The van der Waals surface area contributed by atoms with Crippen LogP contribution in [-0.2, 0) is 10.0 Å². The Balaban J connectivity index is 3.22. The lowest BCUT2D eigenvalue weighted by molar-refractivity contribution is 0.590. The molecular formula is C5H5BrClNO2S2. The standard InChI is InChI=1S/C5H5BrClNO2S2/c1-8-12(9,10)4-2-3(6)5(7)11-4/h2,8H,1H3. The van der Waals surface area contributed by atoms with Gasteiger partial charge in [0.25, 0.3) is 0 Å². The first-order valence-corrected chi connectivity index (χ1v) is 6.33. The maximum absolute atomic E-state index is 11.2. The lowest BCUT2D eigenvalue weighted by Crippen LogP contribution is -2.17. The molecule has 1 heterocycles. The molecule has 1 rings (SSSR count). The lowest BCUT2D eigenvalue weighted by Gasteiger charge is -1.95. The number of halogens is 2. The molecule has 7 heteroatoms. The van der Waals surface area contributed by atoms with Gasteiger partial charge < -0.3 is 0 Å². The summed E-state index contributed by atoms with van der Waals surface area (Å²) in [6.45, 7) is 0. The van der Waals surface area contributed by atoms with E-state index in [1.165, 1.54) is 13.1 Å². The summed E-state index contributed by atoms with van der Waals surface area (Å²) in [6.07, 6.45) is 0. The van der Waals surface area contributed by atoms with Crippen molar-refractivity contribution in [3.8, 4) is 0 Å². The van der Waals surface area contributed by atoms with Crippen LogP contribution >= 0.6 is 38.9 Å². The summed E-state index contributed by atoms with van der Waals surface area (Å²) in [5, 5.41) is 0. The Labute approximate surface area is 87.9 Å². The molecule has 1 N–H and O–H groups in total. The van der Waals surface area contributed by atoms with Crippen molar-refractivity contribution in [2.45, 2.75) is 4.21 Å². The molecule has 0 saturated carbocycles. The van der Waals surface area contributed by atoms with Crippen LogP contribution in [0.25, 0.3) is 0 Å². The van der Waals surface area contributed by atoms with Gasteiger partial charge in [-0.2, -0.15) is 0 Å². The summed E-state index contributed by atoms with van der Waals surface area (Å²) in [7, 11) is -1.99. The van der Waals surface area contributed by atoms with Crippen LogP contribution in [-0.4, -0.2) is 15.5 Å². The first kappa shape index (κ1) is 10.5. The van der Waals surface area contributed by atoms with Gasteiger partial charge in [0.15, 0.2) is 0 Å². The van der Waals surface area contributed by atoms with E-state index in [2.05, 4.69) is 20.7 Å². The molecule has 0 atom stereocenters. The number of rotatable bonds is 2. The number of thiophene rings is 1. The monoisotopic (exact) mass is 289 g/mol. The van der Waals surface area contributed by atoms with Crippen molar-refractivity contribution in [2.24, 2.45) is 0 Å². The van der Waals surface area contributed by atoms with E-state index in [-0.39, 0.29) is 4.21 Å². The molecule has 0 amide bonds. The molecule has 0 spiro atoms. The van der Waals surface area contributed by atoms with Crippen molar-refractivity contribution >= 4 is 48.9 Å². The summed E-state index contributed by atoms with van der Waals surface area (Å²) in [5.41, 5.74) is 0. The topological polar surface area (TPSA) is 46.2 Å². The molecule has 0 aliphatic rings. The van der Waals surface area contributed by atoms with E-state index < -0.39 is 10.0 Å². The smallest absolute Gasteiger partial charge is 0.214 e. The molecule has 0 bridgehead atoms. The highest BCUT2D eigenvalue weighted by Gasteiger charge is 2.16. The Morgan fingerprint density at radius 2 is 2.25 bits per heavy atom. The van der Waals surface area contributed by atoms with Crippen LogP contribution in [0.3, 0.4) is 0 Å². The number of nitrogens with one attached hydrogen (secondary N) is 1. The fourth-order valence-corrected chi connectivity index (χ4v) is 3.70. The minimum absolute atomic E-state index is 0.210. The van der Waals surface area contributed by atoms with Crippen LogP contribution in [0.15, 0.2) is 14.7 Å². The Hall–Kier alpha value is 0.380. The van der Waals surface area contributed by atoms with Gasteiger partial charge in [-0.05, 0) is 29.0 Å². The van der Waals surface area contributed by atoms with Crippen molar-refractivity contribution in [1.82, 2.24) is 4.72 Å². The maximum Gasteiger partial charge on any atom is 0.249 e. The van der Waals surface area contributed by atoms with Crippen LogP contribution in [0.4, 0.5) is 0 Å². The van der Waals surface area contributed by atoms with E-state index in [0.29, 0.717) is 8.81 Å². The largest absolute Gasteiger partial charge is 0.249 e. The summed E-state index contributed by atoms with van der Waals surface area (Å²) < 4.78 is 25.8. The highest BCUT2D eigenvalue weighted by atomic mass is 79.9. The summed E-state index contributed by atoms with van der Waals surface area (Å²) >= 11 is 9.81. The van der Waals surface area contributed by atoms with Gasteiger partial charge in [-0.3, -0.25) is 0 Å². The summed E-state index contributed by atoms with van der Waals surface area (Å²) in [6, 6.07) is 1.47. The third-order valence-electron chi connectivity index (χ3n) is 1.16. The molecule has 0 unspecified atom stereocenters. The Kier molecular flexibility index (Phi) is 3.16. The number of hydrogen-bond donors (Lipinski definition) is 1. The molecule has 0 aliphatic heterocycles. The van der Waals surface area contributed by atoms with E-state index >= 15 is 0 Å². The molecule has 68 valence electrons. The lowest BCUT2D eigenvalue weighted by atomic mass is 10.7. The molecule has 0 saturated heterocycles. The van der Waals surface area contributed by atoms with Crippen molar-refractivity contribution in [3.63, 3.8) is 0 Å². The normalized spacial score (nSPS) is 11.9. The number of hydrogen-bond acceptors (Lipinski definition) is 3. The Morgan fingerprint density at radius 1 is 1.67 bits per heavy atom. The van der Waals surface area contributed by atoms with Gasteiger partial charge in [0, 0.05) is 4.47 Å². The average molecular weight is 291 g/mol. The zero-order valence-electron chi connectivity index (χ0n) is 5.97. The third kappa shape index (κ3) is 2.00. The van der Waals surface area contributed by atoms with Crippen molar-refractivity contribution in [1.29, 1.82) is 0 Å². The Bertz CT molecular complexity index is 367. The van der Waals surface area contributed by atoms with Crippen LogP contribution in [0.1, 0.15) is 0 Å². The van der Waals surface area contributed by atoms with Gasteiger partial charge in [-0.15, -0.1) is 11.3 Å². The van der Waals surface area contributed by atoms with Crippen molar-refractivity contribution in [3.05, 3.63) is 14.9 Å². The molecule has 3 nitrogen and oxygen atoms in total. The second-order valence-electron chi connectivity index (χ2n) is 1.89. The van der Waals surface area contributed by atoms with Crippen molar-refractivity contribution in [2.75, 3.05) is 7.05 Å². The third-order valence-corrected chi connectivity index (χ3v) is 5.52. The molecule has 1 aromatic heterocycles. The van der Waals surface area contributed by atoms with E-state index in [1.54, 1.807) is 0 Å². The number of sulfonamides is 1. The second-order valence-corrected chi connectivity index (χ2v) is 6.52. The molecule has 0 fully saturated rings. The van der Waals surface area contributed by atoms with Gasteiger partial charge in [-0.1, -0.05) is 11.6 Å². The predicted molar refractivity (Wildman–Crippen MR) is 53.3 cm³/mol. The summed E-state index contributed by atoms with van der Waals surface area (Å²) in [4.78, 5) is 0. The molecule has 0 radical (unpaired) electrons. The van der Waals surface area contributed by atoms with E-state index in [0.717, 1.165) is 11.3 Å². The Morgan fingerprint density at radius 3 is 2.58 bits per heavy atom. The highest BCUT2D eigenvalue weighted by molar-refractivity contribution is 9.10. The zero-order chi connectivity index (χ0) is 9.35. The van der Waals surface area contributed by atoms with Crippen LogP contribution in [0.5, 0.6) is 0 Å². The average Bonchev–Trinajstić information content (AvgIpc) is 2.33. The van der Waals surface area contributed by atoms with E-state index in [9.17, 15) is 8.42 Å². The van der Waals surface area contributed by atoms with Crippen LogP contribution in [0, 0.1) is 0 Å². The molecule has 12 heavy (non-hydrogen) atoms. The van der Waals surface area contributed by atoms with Gasteiger partial charge in [0.2, 0.25) is 10.0 Å². The van der Waals surface area contributed by atoms with Crippen molar-refractivity contribution < 1.29 is 8.42 Å². The highest BCUT2D eigenvalue weighted by Crippen LogP contribution is 2.34. The quantitative estimate of drug-likeness (QED) is 0.906. The first-order chi connectivity index (χ1) is 5.47. The zero-order valence-corrected chi connectivity index (χ0v) is 9.94. The van der Waals surface area contributed by atoms with Gasteiger partial charge >= 0.3 is 0 Å². The molecule has 0 aromatic carbocycles.